The molecule has 1 aromatic heterocycles. The number of hydrogen-bond donors (Lipinski definition) is 0. The van der Waals surface area contributed by atoms with Gasteiger partial charge < -0.3 is 14.4 Å². The number of anilines is 6. The Labute approximate surface area is 579 Å². The van der Waals surface area contributed by atoms with E-state index in [9.17, 15) is 0 Å². The smallest absolute Gasteiger partial charge is 0.252 e. The Morgan fingerprint density at radius 3 is 1.11 bits per heavy atom. The van der Waals surface area contributed by atoms with Gasteiger partial charge in [0, 0.05) is 44.9 Å². The molecule has 0 fully saturated rings. The van der Waals surface area contributed by atoms with Crippen LogP contribution in [0.4, 0.5) is 34.1 Å². The van der Waals surface area contributed by atoms with Gasteiger partial charge in [-0.05, 0) is 152 Å². The number of aromatic nitrogens is 1. The largest absolute Gasteiger partial charge is 0.311 e. The van der Waals surface area contributed by atoms with Crippen molar-refractivity contribution in [3.8, 4) is 16.8 Å². The molecular weight excluding hydrogens is 1210 g/mol. The predicted octanol–water partition coefficient (Wildman–Crippen LogP) is 15.9. The van der Waals surface area contributed by atoms with Crippen LogP contribution < -0.4 is 67.7 Å². The molecule has 0 bridgehead atoms. The van der Waals surface area contributed by atoms with Crippen LogP contribution in [0.15, 0.2) is 352 Å². The first kappa shape index (κ1) is 60.6. The van der Waals surface area contributed by atoms with Crippen molar-refractivity contribution in [1.29, 1.82) is 0 Å². The summed E-state index contributed by atoms with van der Waals surface area (Å²) in [5.41, 5.74) is 19.1. The highest BCUT2D eigenvalue weighted by atomic mass is 28.3. The molecule has 6 heteroatoms. The highest BCUT2D eigenvalue weighted by Gasteiger charge is 2.47. The lowest BCUT2D eigenvalue weighted by atomic mass is 9.33. The zero-order chi connectivity index (χ0) is 66.3. The van der Waals surface area contributed by atoms with E-state index in [1.165, 1.54) is 113 Å². The van der Waals surface area contributed by atoms with Crippen molar-refractivity contribution >= 4 is 137 Å². The van der Waals surface area contributed by atoms with E-state index in [1.54, 1.807) is 0 Å². The van der Waals surface area contributed by atoms with E-state index in [2.05, 4.69) is 408 Å². The molecule has 3 nitrogen and oxygen atoms in total. The van der Waals surface area contributed by atoms with Crippen molar-refractivity contribution in [2.75, 3.05) is 9.80 Å². The van der Waals surface area contributed by atoms with Gasteiger partial charge in [-0.25, -0.2) is 0 Å². The lowest BCUT2D eigenvalue weighted by molar-refractivity contribution is 0.569. The number of fused-ring (bicyclic) bond motifs is 7. The van der Waals surface area contributed by atoms with E-state index < -0.39 is 16.1 Å². The van der Waals surface area contributed by atoms with Gasteiger partial charge in [-0.3, -0.25) is 0 Å². The number of hydrogen-bond acceptors (Lipinski definition) is 2. The molecule has 2 aliphatic rings. The summed E-state index contributed by atoms with van der Waals surface area (Å²) in [6.07, 6.45) is 0. The molecular formula is C92H76BN3Si2. The van der Waals surface area contributed by atoms with Crippen LogP contribution in [0.3, 0.4) is 0 Å². The molecule has 0 unspecified atom stereocenters. The van der Waals surface area contributed by atoms with Gasteiger partial charge >= 0.3 is 0 Å². The van der Waals surface area contributed by atoms with Crippen LogP contribution in [0, 0.1) is 0 Å². The van der Waals surface area contributed by atoms with Crippen LogP contribution in [0.2, 0.25) is 0 Å². The summed E-state index contributed by atoms with van der Waals surface area (Å²) < 4.78 is 2.53. The van der Waals surface area contributed by atoms with Crippen LogP contribution in [0.25, 0.3) is 38.6 Å². The van der Waals surface area contributed by atoms with E-state index >= 15 is 0 Å². The summed E-state index contributed by atoms with van der Waals surface area (Å²) in [5.74, 6) is 0. The zero-order valence-electron chi connectivity index (χ0n) is 56.4. The SMILES string of the molecule is CC(C)(C)c1cc(-c2ccc3c(c2)B2c4ccccc4N(c4cccc([Si](c5ccccc5)(c5ccccc5)c5ccccc5)c4)c4cc(-n5c6ccccc6c6ccccc65)cc(c42)N3c2ccc([Si](c3ccccc3)(c3ccccc3)c3ccccc3)cc2)cc(C(C)(C)C)c1. The summed E-state index contributed by atoms with van der Waals surface area (Å²) in [5, 5.41) is 13.2. The maximum Gasteiger partial charge on any atom is 0.252 e. The fraction of sp³-hybridized carbons (Fsp3) is 0.0870. The molecule has 0 amide bonds. The molecule has 2 aliphatic heterocycles. The zero-order valence-corrected chi connectivity index (χ0v) is 58.4. The van der Waals surface area contributed by atoms with Crippen LogP contribution >= 0.6 is 0 Å². The van der Waals surface area contributed by atoms with Gasteiger partial charge in [0.2, 0.25) is 0 Å². The first-order valence-electron chi connectivity index (χ1n) is 34.6. The fourth-order valence-electron chi connectivity index (χ4n) is 16.5. The highest BCUT2D eigenvalue weighted by Crippen LogP contribution is 2.47. The lowest BCUT2D eigenvalue weighted by Gasteiger charge is -2.45. The van der Waals surface area contributed by atoms with Crippen molar-refractivity contribution in [1.82, 2.24) is 4.57 Å². The second-order valence-electron chi connectivity index (χ2n) is 28.8. The summed E-state index contributed by atoms with van der Waals surface area (Å²) in [6.45, 7) is 13.9. The average Bonchev–Trinajstić information content (AvgIpc) is 0.815. The summed E-state index contributed by atoms with van der Waals surface area (Å²) in [4.78, 5) is 5.25. The van der Waals surface area contributed by atoms with Crippen molar-refractivity contribution in [3.63, 3.8) is 0 Å². The monoisotopic (exact) mass is 1290 g/mol. The van der Waals surface area contributed by atoms with Crippen molar-refractivity contribution in [3.05, 3.63) is 363 Å². The van der Waals surface area contributed by atoms with Crippen molar-refractivity contribution < 1.29 is 0 Å². The molecule has 0 spiro atoms. The van der Waals surface area contributed by atoms with Crippen molar-refractivity contribution in [2.24, 2.45) is 0 Å². The molecule has 14 aromatic carbocycles. The summed E-state index contributed by atoms with van der Waals surface area (Å²) in [7, 11) is -5.91. The van der Waals surface area contributed by atoms with Crippen molar-refractivity contribution in [2.45, 2.75) is 52.4 Å². The normalized spacial score (nSPS) is 12.9. The lowest BCUT2D eigenvalue weighted by Crippen LogP contribution is -2.74. The quantitative estimate of drug-likeness (QED) is 0.0892. The third kappa shape index (κ3) is 9.82. The molecule has 0 N–H and O–H groups in total. The van der Waals surface area contributed by atoms with Crippen LogP contribution in [-0.2, 0) is 10.8 Å². The Hall–Kier alpha value is -11.0. The molecule has 470 valence electrons. The average molecular weight is 1290 g/mol. The third-order valence-corrected chi connectivity index (χ3v) is 30.7. The van der Waals surface area contributed by atoms with E-state index in [1.807, 2.05) is 0 Å². The molecule has 98 heavy (non-hydrogen) atoms. The predicted molar refractivity (Wildman–Crippen MR) is 425 cm³/mol. The first-order chi connectivity index (χ1) is 47.9. The highest BCUT2D eigenvalue weighted by molar-refractivity contribution is 7.20. The topological polar surface area (TPSA) is 11.4 Å². The molecule has 17 rings (SSSR count). The Morgan fingerprint density at radius 1 is 0.255 bits per heavy atom. The molecule has 0 atom stereocenters. The minimum absolute atomic E-state index is 0.0639. The molecule has 15 aromatic rings. The van der Waals surface area contributed by atoms with E-state index in [-0.39, 0.29) is 17.5 Å². The van der Waals surface area contributed by atoms with Gasteiger partial charge in [-0.15, -0.1) is 0 Å². The molecule has 0 saturated heterocycles. The first-order valence-corrected chi connectivity index (χ1v) is 38.6. The number of para-hydroxylation sites is 3. The standard InChI is InChI=1S/C92H76BN3Si2/c1-91(2,3)67-58-66(59-68(61-67)92(4,5)6)65-52-57-87-83(60-65)93-82-48-27-30-51-86(82)95(70-32-31-45-79(62-70)98(75-39-19-10-20-40-75,76-41-21-11-22-42-76)77-43-23-12-24-44-77)89-64-71(96-84-49-28-25-46-80(84)81-47-26-29-50-85(81)96)63-88(90(89)93)94(87)69-53-55-78(56-54-69)97(72-33-13-7-14-34-72,73-35-15-8-16-36-73)74-37-17-9-18-38-74/h7-64H,1-6H3. The van der Waals surface area contributed by atoms with Gasteiger partial charge in [-0.1, -0.05) is 333 Å². The number of nitrogens with zero attached hydrogens (tertiary/aromatic N) is 3. The van der Waals surface area contributed by atoms with Crippen LogP contribution in [-0.4, -0.2) is 27.4 Å². The van der Waals surface area contributed by atoms with Gasteiger partial charge in [0.15, 0.2) is 16.1 Å². The Morgan fingerprint density at radius 2 is 0.643 bits per heavy atom. The molecule has 0 saturated carbocycles. The fourth-order valence-corrected chi connectivity index (χ4v) is 26.1. The number of benzene rings is 14. The van der Waals surface area contributed by atoms with E-state index in [0.29, 0.717) is 0 Å². The second-order valence-corrected chi connectivity index (χ2v) is 36.4. The third-order valence-electron chi connectivity index (χ3n) is 21.1. The van der Waals surface area contributed by atoms with E-state index in [4.69, 9.17) is 0 Å². The minimum Gasteiger partial charge on any atom is -0.311 e. The summed E-state index contributed by atoms with van der Waals surface area (Å²) >= 11 is 0. The van der Waals surface area contributed by atoms with Gasteiger partial charge in [0.05, 0.1) is 16.7 Å². The maximum atomic E-state index is 2.63. The Balaban J connectivity index is 0.973. The molecule has 3 heterocycles. The van der Waals surface area contributed by atoms with Gasteiger partial charge in [-0.2, -0.15) is 0 Å². The minimum atomic E-state index is -3.01. The van der Waals surface area contributed by atoms with Crippen LogP contribution in [0.1, 0.15) is 52.7 Å². The Kier molecular flexibility index (Phi) is 14.8. The van der Waals surface area contributed by atoms with Crippen LogP contribution in [0.5, 0.6) is 0 Å². The van der Waals surface area contributed by atoms with Gasteiger partial charge in [0.25, 0.3) is 6.71 Å². The molecule has 0 radical (unpaired) electrons. The summed E-state index contributed by atoms with van der Waals surface area (Å²) in [6, 6.07) is 135. The van der Waals surface area contributed by atoms with Gasteiger partial charge in [0.1, 0.15) is 0 Å². The number of rotatable bonds is 12. The maximum absolute atomic E-state index is 3.01. The second kappa shape index (κ2) is 24.0. The molecule has 0 aliphatic carbocycles. The Bertz CT molecular complexity index is 5190. The van der Waals surface area contributed by atoms with E-state index in [0.717, 1.165) is 28.4 Å².